The van der Waals surface area contributed by atoms with Crippen molar-refractivity contribution in [3.63, 3.8) is 0 Å². The first-order chi connectivity index (χ1) is 10.8. The standard InChI is InChI=1S/C15H14Cl2N2O3S/c1-23(21,22)19-14-8-3-2-7-13(14)18-15(20)9-10-11(16)5-4-6-12(10)17/h2-8,19H,9H2,1H3,(H,18,20). The smallest absolute Gasteiger partial charge is 0.229 e. The molecule has 23 heavy (non-hydrogen) atoms. The van der Waals surface area contributed by atoms with Gasteiger partial charge < -0.3 is 5.32 Å². The lowest BCUT2D eigenvalue weighted by molar-refractivity contribution is -0.115. The number of benzene rings is 2. The summed E-state index contributed by atoms with van der Waals surface area (Å²) in [6.07, 6.45) is 1.01. The van der Waals surface area contributed by atoms with Crippen molar-refractivity contribution in [2.75, 3.05) is 16.3 Å². The van der Waals surface area contributed by atoms with E-state index in [1.54, 1.807) is 42.5 Å². The largest absolute Gasteiger partial charge is 0.324 e. The Balaban J connectivity index is 2.18. The molecule has 2 aromatic carbocycles. The number of nitrogens with one attached hydrogen (secondary N) is 2. The Hall–Kier alpha value is -1.76. The highest BCUT2D eigenvalue weighted by Crippen LogP contribution is 2.26. The van der Waals surface area contributed by atoms with Crippen LogP contribution in [-0.4, -0.2) is 20.6 Å². The molecule has 122 valence electrons. The minimum Gasteiger partial charge on any atom is -0.324 e. The molecule has 0 aromatic heterocycles. The van der Waals surface area contributed by atoms with Gasteiger partial charge in [-0.3, -0.25) is 9.52 Å². The molecule has 0 aliphatic carbocycles. The van der Waals surface area contributed by atoms with E-state index >= 15 is 0 Å². The predicted octanol–water partition coefficient (Wildman–Crippen LogP) is 3.55. The van der Waals surface area contributed by atoms with Crippen LogP contribution in [0.2, 0.25) is 10.0 Å². The second kappa shape index (κ2) is 7.21. The number of amides is 1. The zero-order chi connectivity index (χ0) is 17.0. The zero-order valence-corrected chi connectivity index (χ0v) is 14.5. The third-order valence-corrected chi connectivity index (χ3v) is 4.19. The van der Waals surface area contributed by atoms with E-state index in [9.17, 15) is 13.2 Å². The van der Waals surface area contributed by atoms with Crippen LogP contribution < -0.4 is 10.0 Å². The Labute approximate surface area is 144 Å². The number of halogens is 2. The number of carbonyl (C=O) groups is 1. The molecule has 0 unspecified atom stereocenters. The van der Waals surface area contributed by atoms with Crippen LogP contribution in [0.3, 0.4) is 0 Å². The lowest BCUT2D eigenvalue weighted by Crippen LogP contribution is -2.17. The van der Waals surface area contributed by atoms with Crippen molar-refractivity contribution in [1.29, 1.82) is 0 Å². The number of anilines is 2. The summed E-state index contributed by atoms with van der Waals surface area (Å²) in [7, 11) is -3.45. The van der Waals surface area contributed by atoms with Crippen molar-refractivity contribution in [1.82, 2.24) is 0 Å². The molecule has 2 rings (SSSR count). The van der Waals surface area contributed by atoms with E-state index in [1.165, 1.54) is 0 Å². The highest BCUT2D eigenvalue weighted by atomic mass is 35.5. The van der Waals surface area contributed by atoms with Crippen molar-refractivity contribution >= 4 is 50.5 Å². The van der Waals surface area contributed by atoms with Crippen molar-refractivity contribution < 1.29 is 13.2 Å². The summed E-state index contributed by atoms with van der Waals surface area (Å²) in [4.78, 5) is 12.2. The molecule has 0 radical (unpaired) electrons. The molecule has 5 nitrogen and oxygen atoms in total. The van der Waals surface area contributed by atoms with Gasteiger partial charge in [-0.1, -0.05) is 41.4 Å². The van der Waals surface area contributed by atoms with E-state index in [-0.39, 0.29) is 18.0 Å². The maximum absolute atomic E-state index is 12.2. The maximum Gasteiger partial charge on any atom is 0.229 e. The van der Waals surface area contributed by atoms with Crippen molar-refractivity contribution in [3.05, 3.63) is 58.1 Å². The van der Waals surface area contributed by atoms with E-state index in [1.807, 2.05) is 0 Å². The minimum absolute atomic E-state index is 0.0221. The molecule has 2 aromatic rings. The second-order valence-electron chi connectivity index (χ2n) is 4.84. The quantitative estimate of drug-likeness (QED) is 0.842. The van der Waals surface area contributed by atoms with Gasteiger partial charge in [-0.25, -0.2) is 8.42 Å². The molecule has 0 aliphatic rings. The van der Waals surface area contributed by atoms with Crippen LogP contribution in [0, 0.1) is 0 Å². The van der Waals surface area contributed by atoms with Crippen LogP contribution in [-0.2, 0) is 21.2 Å². The van der Waals surface area contributed by atoms with Crippen LogP contribution in [0.4, 0.5) is 11.4 Å². The number of rotatable bonds is 5. The predicted molar refractivity (Wildman–Crippen MR) is 93.7 cm³/mol. The van der Waals surface area contributed by atoms with Crippen LogP contribution >= 0.6 is 23.2 Å². The Morgan fingerprint density at radius 2 is 1.57 bits per heavy atom. The molecule has 2 N–H and O–H groups in total. The Morgan fingerprint density at radius 1 is 1.00 bits per heavy atom. The summed E-state index contributed by atoms with van der Waals surface area (Å²) in [5.41, 5.74) is 1.15. The highest BCUT2D eigenvalue weighted by molar-refractivity contribution is 7.92. The minimum atomic E-state index is -3.45. The van der Waals surface area contributed by atoms with E-state index in [4.69, 9.17) is 23.2 Å². The second-order valence-corrected chi connectivity index (χ2v) is 7.41. The fourth-order valence-electron chi connectivity index (χ4n) is 1.94. The van der Waals surface area contributed by atoms with Gasteiger partial charge in [0.25, 0.3) is 0 Å². The van der Waals surface area contributed by atoms with Gasteiger partial charge in [0.15, 0.2) is 0 Å². The average Bonchev–Trinajstić information content (AvgIpc) is 2.44. The van der Waals surface area contributed by atoms with E-state index in [0.29, 0.717) is 21.3 Å². The normalized spacial score (nSPS) is 11.1. The van der Waals surface area contributed by atoms with E-state index in [0.717, 1.165) is 6.26 Å². The van der Waals surface area contributed by atoms with E-state index < -0.39 is 10.0 Å². The first kappa shape index (κ1) is 17.6. The van der Waals surface area contributed by atoms with Gasteiger partial charge in [-0.15, -0.1) is 0 Å². The first-order valence-electron chi connectivity index (χ1n) is 6.56. The van der Waals surface area contributed by atoms with E-state index in [2.05, 4.69) is 10.0 Å². The number of carbonyl (C=O) groups excluding carboxylic acids is 1. The topological polar surface area (TPSA) is 75.3 Å². The third kappa shape index (κ3) is 5.13. The molecule has 0 aliphatic heterocycles. The molecule has 8 heteroatoms. The molecule has 0 saturated carbocycles. The molecular formula is C15H14Cl2N2O3S. The summed E-state index contributed by atoms with van der Waals surface area (Å²) in [6.45, 7) is 0. The molecule has 0 spiro atoms. The monoisotopic (exact) mass is 372 g/mol. The summed E-state index contributed by atoms with van der Waals surface area (Å²) in [6, 6.07) is 11.5. The lowest BCUT2D eigenvalue weighted by atomic mass is 10.1. The van der Waals surface area contributed by atoms with Gasteiger partial charge >= 0.3 is 0 Å². The van der Waals surface area contributed by atoms with Gasteiger partial charge in [0.05, 0.1) is 24.1 Å². The SMILES string of the molecule is CS(=O)(=O)Nc1ccccc1NC(=O)Cc1c(Cl)cccc1Cl. The molecule has 1 amide bonds. The Bertz CT molecular complexity index is 818. The van der Waals surface area contributed by atoms with Crippen LogP contribution in [0.15, 0.2) is 42.5 Å². The molecule has 0 fully saturated rings. The van der Waals surface area contributed by atoms with Crippen molar-refractivity contribution in [3.8, 4) is 0 Å². The Morgan fingerprint density at radius 3 is 2.13 bits per heavy atom. The number of hydrogen-bond donors (Lipinski definition) is 2. The molecular weight excluding hydrogens is 359 g/mol. The van der Waals surface area contributed by atoms with Crippen LogP contribution in [0.25, 0.3) is 0 Å². The van der Waals surface area contributed by atoms with Gasteiger partial charge in [0, 0.05) is 10.0 Å². The summed E-state index contributed by atoms with van der Waals surface area (Å²) in [5.74, 6) is -0.359. The summed E-state index contributed by atoms with van der Waals surface area (Å²) >= 11 is 12.1. The average molecular weight is 373 g/mol. The number of sulfonamides is 1. The van der Waals surface area contributed by atoms with Gasteiger partial charge in [-0.05, 0) is 29.8 Å². The highest BCUT2D eigenvalue weighted by Gasteiger charge is 2.13. The van der Waals surface area contributed by atoms with Crippen molar-refractivity contribution in [2.45, 2.75) is 6.42 Å². The fraction of sp³-hybridized carbons (Fsp3) is 0.133. The third-order valence-electron chi connectivity index (χ3n) is 2.90. The first-order valence-corrected chi connectivity index (χ1v) is 9.20. The van der Waals surface area contributed by atoms with Crippen LogP contribution in [0.1, 0.15) is 5.56 Å². The zero-order valence-electron chi connectivity index (χ0n) is 12.1. The molecule has 0 atom stereocenters. The molecule has 0 heterocycles. The fourth-order valence-corrected chi connectivity index (χ4v) is 3.05. The molecule has 0 saturated heterocycles. The van der Waals surface area contributed by atoms with Crippen LogP contribution in [0.5, 0.6) is 0 Å². The maximum atomic E-state index is 12.2. The molecule has 0 bridgehead atoms. The Kier molecular flexibility index (Phi) is 5.51. The lowest BCUT2D eigenvalue weighted by Gasteiger charge is -2.12. The number of hydrogen-bond acceptors (Lipinski definition) is 3. The summed E-state index contributed by atoms with van der Waals surface area (Å²) < 4.78 is 25.1. The van der Waals surface area contributed by atoms with Crippen molar-refractivity contribution in [2.24, 2.45) is 0 Å². The van der Waals surface area contributed by atoms with Gasteiger partial charge in [0.1, 0.15) is 0 Å². The summed E-state index contributed by atoms with van der Waals surface area (Å²) in [5, 5.41) is 3.45. The van der Waals surface area contributed by atoms with Gasteiger partial charge in [0.2, 0.25) is 15.9 Å². The van der Waals surface area contributed by atoms with Gasteiger partial charge in [-0.2, -0.15) is 0 Å². The number of para-hydroxylation sites is 2.